The largest absolute Gasteiger partial charge is 0.297 e. The first kappa shape index (κ1) is 22.2. The van der Waals surface area contributed by atoms with Crippen molar-refractivity contribution in [3.63, 3.8) is 0 Å². The van der Waals surface area contributed by atoms with Crippen molar-refractivity contribution in [3.05, 3.63) is 95.6 Å². The van der Waals surface area contributed by atoms with Crippen LogP contribution >= 0.6 is 0 Å². The summed E-state index contributed by atoms with van der Waals surface area (Å²) in [5.74, 6) is 0. The van der Waals surface area contributed by atoms with Gasteiger partial charge in [-0.25, -0.2) is 0 Å². The molecule has 158 valence electrons. The second kappa shape index (κ2) is 9.09. The Kier molecular flexibility index (Phi) is 6.72. The summed E-state index contributed by atoms with van der Waals surface area (Å²) in [5.41, 5.74) is 2.29. The monoisotopic (exact) mass is 446 g/mol. The number of rotatable bonds is 8. The molecule has 6 nitrogen and oxygen atoms in total. The van der Waals surface area contributed by atoms with Crippen molar-refractivity contribution in [2.24, 2.45) is 0 Å². The molecule has 0 N–H and O–H groups in total. The molecule has 0 heterocycles. The zero-order chi connectivity index (χ0) is 21.8. The van der Waals surface area contributed by atoms with Gasteiger partial charge in [-0.2, -0.15) is 16.8 Å². The van der Waals surface area contributed by atoms with Crippen LogP contribution in [0.2, 0.25) is 0 Å². The van der Waals surface area contributed by atoms with Gasteiger partial charge in [-0.15, -0.1) is 0 Å². The summed E-state index contributed by atoms with van der Waals surface area (Å²) in [6, 6.07) is 20.9. The molecule has 0 saturated heterocycles. The Balaban J connectivity index is 1.85. The highest BCUT2D eigenvalue weighted by molar-refractivity contribution is 7.87. The lowest BCUT2D eigenvalue weighted by Crippen LogP contribution is -2.19. The van der Waals surface area contributed by atoms with E-state index in [0.29, 0.717) is 5.56 Å². The molecule has 0 fully saturated rings. The highest BCUT2D eigenvalue weighted by atomic mass is 32.2. The van der Waals surface area contributed by atoms with Crippen LogP contribution in [0.1, 0.15) is 22.8 Å². The van der Waals surface area contributed by atoms with Crippen LogP contribution in [0.25, 0.3) is 0 Å². The summed E-state index contributed by atoms with van der Waals surface area (Å²) >= 11 is 0. The Morgan fingerprint density at radius 1 is 0.667 bits per heavy atom. The van der Waals surface area contributed by atoms with E-state index in [2.05, 4.69) is 0 Å². The molecular formula is C22H22O6S2. The molecule has 3 aromatic carbocycles. The highest BCUT2D eigenvalue weighted by Gasteiger charge is 2.26. The fraction of sp³-hybridized carbons (Fsp3) is 0.182. The number of benzene rings is 3. The third-order valence-corrected chi connectivity index (χ3v) is 7.04. The zero-order valence-electron chi connectivity index (χ0n) is 16.6. The van der Waals surface area contributed by atoms with Gasteiger partial charge in [-0.1, -0.05) is 65.7 Å². The van der Waals surface area contributed by atoms with E-state index in [1.54, 1.807) is 54.6 Å². The molecule has 30 heavy (non-hydrogen) atoms. The molecule has 1 atom stereocenters. The van der Waals surface area contributed by atoms with Gasteiger partial charge in [0.15, 0.2) is 0 Å². The normalized spacial score (nSPS) is 13.1. The molecule has 1 unspecified atom stereocenters. The van der Waals surface area contributed by atoms with E-state index in [0.717, 1.165) is 11.1 Å². The van der Waals surface area contributed by atoms with E-state index in [4.69, 9.17) is 8.37 Å². The molecular weight excluding hydrogens is 424 g/mol. The summed E-state index contributed by atoms with van der Waals surface area (Å²) < 4.78 is 61.1. The first-order valence-electron chi connectivity index (χ1n) is 9.18. The lowest BCUT2D eigenvalue weighted by Gasteiger charge is -2.18. The fourth-order valence-electron chi connectivity index (χ4n) is 2.69. The highest BCUT2D eigenvalue weighted by Crippen LogP contribution is 2.26. The summed E-state index contributed by atoms with van der Waals surface area (Å²) in [6.07, 6.45) is -1.14. The Labute approximate surface area is 177 Å². The van der Waals surface area contributed by atoms with Crippen molar-refractivity contribution >= 4 is 20.2 Å². The van der Waals surface area contributed by atoms with Gasteiger partial charge in [0.25, 0.3) is 20.2 Å². The molecule has 3 aromatic rings. The molecule has 0 radical (unpaired) electrons. The third-order valence-electron chi connectivity index (χ3n) is 4.41. The Morgan fingerprint density at radius 3 is 1.63 bits per heavy atom. The average Bonchev–Trinajstić information content (AvgIpc) is 2.72. The van der Waals surface area contributed by atoms with Gasteiger partial charge < -0.3 is 0 Å². The minimum absolute atomic E-state index is 0.0127. The molecule has 0 aliphatic heterocycles. The Hall–Kier alpha value is -2.52. The maximum Gasteiger partial charge on any atom is 0.297 e. The average molecular weight is 447 g/mol. The third kappa shape index (κ3) is 5.54. The van der Waals surface area contributed by atoms with Crippen LogP contribution in [0.15, 0.2) is 88.7 Å². The minimum Gasteiger partial charge on any atom is -0.263 e. The van der Waals surface area contributed by atoms with Crippen LogP contribution < -0.4 is 0 Å². The molecule has 3 rings (SSSR count). The van der Waals surface area contributed by atoms with Crippen LogP contribution in [0.4, 0.5) is 0 Å². The summed E-state index contributed by atoms with van der Waals surface area (Å²) in [7, 11) is -8.22. The SMILES string of the molecule is Cc1ccc(S(=O)(=O)OCC(OS(=O)(=O)c2ccc(C)cc2)c2ccccc2)cc1. The number of aryl methyl sites for hydroxylation is 2. The fourth-order valence-corrected chi connectivity index (χ4v) is 4.65. The molecule has 0 aliphatic rings. The Bertz CT molecular complexity index is 1180. The minimum atomic E-state index is -4.14. The summed E-state index contributed by atoms with van der Waals surface area (Å²) in [6.45, 7) is 3.19. The molecule has 0 aromatic heterocycles. The predicted molar refractivity (Wildman–Crippen MR) is 113 cm³/mol. The van der Waals surface area contributed by atoms with Crippen LogP contribution in [0, 0.1) is 13.8 Å². The van der Waals surface area contributed by atoms with Crippen LogP contribution in [-0.4, -0.2) is 23.4 Å². The van der Waals surface area contributed by atoms with Crippen molar-refractivity contribution in [2.45, 2.75) is 29.7 Å². The van der Waals surface area contributed by atoms with Gasteiger partial charge in [-0.05, 0) is 43.7 Å². The molecule has 8 heteroatoms. The van der Waals surface area contributed by atoms with E-state index in [9.17, 15) is 16.8 Å². The second-order valence-electron chi connectivity index (χ2n) is 6.81. The topological polar surface area (TPSA) is 86.7 Å². The molecule has 0 aliphatic carbocycles. The first-order valence-corrected chi connectivity index (χ1v) is 12.0. The first-order chi connectivity index (χ1) is 14.2. The van der Waals surface area contributed by atoms with Gasteiger partial charge in [0.2, 0.25) is 0 Å². The van der Waals surface area contributed by atoms with E-state index < -0.39 is 32.9 Å². The standard InChI is InChI=1S/C22H22O6S2/c1-17-8-12-20(13-9-17)29(23,24)27-16-22(19-6-4-3-5-7-19)28-30(25,26)21-14-10-18(2)11-15-21/h3-15,22H,16H2,1-2H3. The van der Waals surface area contributed by atoms with Crippen LogP contribution in [0.5, 0.6) is 0 Å². The molecule has 0 spiro atoms. The lowest BCUT2D eigenvalue weighted by atomic mass is 10.1. The number of hydrogen-bond donors (Lipinski definition) is 0. The van der Waals surface area contributed by atoms with Gasteiger partial charge in [0, 0.05) is 0 Å². The van der Waals surface area contributed by atoms with E-state index in [-0.39, 0.29) is 9.79 Å². The van der Waals surface area contributed by atoms with Gasteiger partial charge in [-0.3, -0.25) is 8.37 Å². The van der Waals surface area contributed by atoms with Crippen LogP contribution in [-0.2, 0) is 28.6 Å². The van der Waals surface area contributed by atoms with Crippen LogP contribution in [0.3, 0.4) is 0 Å². The maximum atomic E-state index is 12.7. The van der Waals surface area contributed by atoms with Crippen molar-refractivity contribution in [1.29, 1.82) is 0 Å². The van der Waals surface area contributed by atoms with Crippen molar-refractivity contribution in [1.82, 2.24) is 0 Å². The maximum absolute atomic E-state index is 12.7. The molecule has 0 bridgehead atoms. The summed E-state index contributed by atoms with van der Waals surface area (Å²) in [4.78, 5) is -0.0308. The smallest absolute Gasteiger partial charge is 0.263 e. The van der Waals surface area contributed by atoms with Gasteiger partial charge >= 0.3 is 0 Å². The van der Waals surface area contributed by atoms with E-state index >= 15 is 0 Å². The molecule has 0 saturated carbocycles. The van der Waals surface area contributed by atoms with Gasteiger partial charge in [0.05, 0.1) is 16.4 Å². The molecule has 0 amide bonds. The van der Waals surface area contributed by atoms with Crippen molar-refractivity contribution in [3.8, 4) is 0 Å². The predicted octanol–water partition coefficient (Wildman–Crippen LogP) is 4.16. The van der Waals surface area contributed by atoms with Crippen molar-refractivity contribution in [2.75, 3.05) is 6.61 Å². The van der Waals surface area contributed by atoms with E-state index in [1.807, 2.05) is 13.8 Å². The lowest BCUT2D eigenvalue weighted by molar-refractivity contribution is 0.139. The van der Waals surface area contributed by atoms with E-state index in [1.165, 1.54) is 24.3 Å². The second-order valence-corrected chi connectivity index (χ2v) is 10.0. The van der Waals surface area contributed by atoms with Gasteiger partial charge in [0.1, 0.15) is 6.10 Å². The summed E-state index contributed by atoms with van der Waals surface area (Å²) in [5, 5.41) is 0. The zero-order valence-corrected chi connectivity index (χ0v) is 18.2. The quantitative estimate of drug-likeness (QED) is 0.483. The Morgan fingerprint density at radius 2 is 1.13 bits per heavy atom. The number of hydrogen-bond acceptors (Lipinski definition) is 6. The van der Waals surface area contributed by atoms with Crippen molar-refractivity contribution < 1.29 is 25.2 Å².